The number of alkyl halides is 3. The zero-order chi connectivity index (χ0) is 23.9. The summed E-state index contributed by atoms with van der Waals surface area (Å²) in [7, 11) is 0. The minimum absolute atomic E-state index is 0.0576. The average Bonchev–Trinajstić information content (AvgIpc) is 3.44. The molecule has 0 unspecified atom stereocenters. The van der Waals surface area contributed by atoms with E-state index in [0.717, 1.165) is 77.9 Å². The van der Waals surface area contributed by atoms with Crippen molar-refractivity contribution in [2.24, 2.45) is 0 Å². The van der Waals surface area contributed by atoms with Crippen molar-refractivity contribution in [1.29, 1.82) is 0 Å². The molecule has 0 aromatic heterocycles. The van der Waals surface area contributed by atoms with E-state index in [0.29, 0.717) is 0 Å². The fourth-order valence-electron chi connectivity index (χ4n) is 4.67. The number of ether oxygens (including phenoxy) is 1. The average molecular weight is 472 g/mol. The second-order valence-corrected chi connectivity index (χ2v) is 8.93. The molecule has 0 aliphatic carbocycles. The molecule has 33 heavy (non-hydrogen) atoms. The first-order chi connectivity index (χ1) is 15.7. The summed E-state index contributed by atoms with van der Waals surface area (Å²) < 4.78 is 38.0. The molecule has 0 bridgehead atoms. The van der Waals surface area contributed by atoms with Gasteiger partial charge in [0.1, 0.15) is 0 Å². The molecular weight excluding hydrogens is 439 g/mol. The Balaban J connectivity index is 0.000000383. The molecule has 2 N–H and O–H groups in total. The number of carbonyl (C=O) groups excluding carboxylic acids is 1. The number of halogens is 3. The van der Waals surface area contributed by atoms with E-state index in [1.54, 1.807) is 0 Å². The molecular formula is C23H32F3N3O4. The van der Waals surface area contributed by atoms with E-state index in [9.17, 15) is 18.0 Å². The summed E-state index contributed by atoms with van der Waals surface area (Å²) >= 11 is 0. The maximum absolute atomic E-state index is 12.4. The lowest BCUT2D eigenvalue weighted by molar-refractivity contribution is -0.192. The fourth-order valence-corrected chi connectivity index (χ4v) is 4.67. The van der Waals surface area contributed by atoms with Crippen LogP contribution < -0.4 is 5.32 Å². The van der Waals surface area contributed by atoms with Crippen LogP contribution in [0.2, 0.25) is 0 Å². The summed E-state index contributed by atoms with van der Waals surface area (Å²) in [5, 5.41) is 10.4. The van der Waals surface area contributed by atoms with Gasteiger partial charge in [0, 0.05) is 45.4 Å². The number of rotatable bonds is 4. The summed E-state index contributed by atoms with van der Waals surface area (Å²) in [5.41, 5.74) is 1.34. The summed E-state index contributed by atoms with van der Waals surface area (Å²) in [5.74, 6) is -2.76. The molecule has 1 aromatic rings. The lowest BCUT2D eigenvalue weighted by Gasteiger charge is -2.39. The zero-order valence-corrected chi connectivity index (χ0v) is 18.6. The second-order valence-electron chi connectivity index (χ2n) is 8.93. The highest BCUT2D eigenvalue weighted by molar-refractivity contribution is 5.74. The van der Waals surface area contributed by atoms with Crippen molar-refractivity contribution < 1.29 is 32.6 Å². The molecule has 2 amide bonds. The molecule has 3 saturated heterocycles. The van der Waals surface area contributed by atoms with E-state index in [1.165, 1.54) is 5.56 Å². The number of carboxylic acids is 1. The minimum atomic E-state index is -5.08. The van der Waals surface area contributed by atoms with Gasteiger partial charge < -0.3 is 25.0 Å². The highest BCUT2D eigenvalue weighted by Crippen LogP contribution is 2.34. The molecule has 0 saturated carbocycles. The van der Waals surface area contributed by atoms with Crippen molar-refractivity contribution in [3.8, 4) is 0 Å². The molecule has 7 nitrogen and oxygen atoms in total. The topological polar surface area (TPSA) is 82.1 Å². The number of hydrogen-bond acceptors (Lipinski definition) is 4. The van der Waals surface area contributed by atoms with Gasteiger partial charge in [0.15, 0.2) is 0 Å². The minimum Gasteiger partial charge on any atom is -0.475 e. The quantitative estimate of drug-likeness (QED) is 0.704. The monoisotopic (exact) mass is 471 g/mol. The first kappa shape index (κ1) is 25.3. The Morgan fingerprint density at radius 1 is 1.15 bits per heavy atom. The van der Waals surface area contributed by atoms with Crippen LogP contribution in [0.3, 0.4) is 0 Å². The molecule has 4 rings (SSSR count). The first-order valence-corrected chi connectivity index (χ1v) is 11.4. The molecule has 1 spiro atoms. The van der Waals surface area contributed by atoms with E-state index in [4.69, 9.17) is 14.6 Å². The lowest BCUT2D eigenvalue weighted by Crippen LogP contribution is -2.52. The molecule has 3 aliphatic heterocycles. The lowest BCUT2D eigenvalue weighted by atomic mass is 9.89. The number of nitrogens with zero attached hydrogens (tertiary/aromatic N) is 2. The van der Waals surface area contributed by atoms with Crippen LogP contribution >= 0.6 is 0 Å². The molecule has 184 valence electrons. The van der Waals surface area contributed by atoms with Crippen LogP contribution in [-0.4, -0.2) is 84.1 Å². The van der Waals surface area contributed by atoms with Gasteiger partial charge in [-0.2, -0.15) is 13.2 Å². The largest absolute Gasteiger partial charge is 0.490 e. The van der Waals surface area contributed by atoms with Gasteiger partial charge in [-0.1, -0.05) is 30.3 Å². The maximum atomic E-state index is 12.4. The van der Waals surface area contributed by atoms with Crippen LogP contribution in [-0.2, 0) is 16.0 Å². The van der Waals surface area contributed by atoms with Gasteiger partial charge in [-0.05, 0) is 44.1 Å². The van der Waals surface area contributed by atoms with Crippen LogP contribution in [0.15, 0.2) is 30.3 Å². The van der Waals surface area contributed by atoms with Crippen molar-refractivity contribution >= 4 is 12.0 Å². The summed E-state index contributed by atoms with van der Waals surface area (Å²) in [6.07, 6.45) is 1.26. The van der Waals surface area contributed by atoms with Crippen LogP contribution in [0.25, 0.3) is 0 Å². The third-order valence-electron chi connectivity index (χ3n) is 6.41. The van der Waals surface area contributed by atoms with Crippen molar-refractivity contribution in [3.63, 3.8) is 0 Å². The number of amides is 2. The van der Waals surface area contributed by atoms with Gasteiger partial charge in [0.25, 0.3) is 0 Å². The number of likely N-dealkylation sites (tertiary alicyclic amines) is 2. The molecule has 2 atom stereocenters. The van der Waals surface area contributed by atoms with E-state index < -0.39 is 12.1 Å². The van der Waals surface area contributed by atoms with Gasteiger partial charge in [-0.25, -0.2) is 9.59 Å². The highest BCUT2D eigenvalue weighted by Gasteiger charge is 2.43. The Bertz CT molecular complexity index is 787. The van der Waals surface area contributed by atoms with E-state index in [2.05, 4.69) is 40.5 Å². The Labute approximate surface area is 191 Å². The van der Waals surface area contributed by atoms with Crippen molar-refractivity contribution in [3.05, 3.63) is 35.9 Å². The molecule has 3 fully saturated rings. The number of carboxylic acid groups (broad SMARTS) is 1. The number of aliphatic carboxylic acids is 1. The zero-order valence-electron chi connectivity index (χ0n) is 18.6. The Morgan fingerprint density at radius 2 is 1.82 bits per heavy atom. The summed E-state index contributed by atoms with van der Waals surface area (Å²) in [6, 6.07) is 11.1. The van der Waals surface area contributed by atoms with Gasteiger partial charge >= 0.3 is 18.2 Å². The van der Waals surface area contributed by atoms with Gasteiger partial charge in [0.05, 0.1) is 5.60 Å². The molecule has 1 aromatic carbocycles. The predicted molar refractivity (Wildman–Crippen MR) is 116 cm³/mol. The van der Waals surface area contributed by atoms with Crippen LogP contribution in [0.5, 0.6) is 0 Å². The van der Waals surface area contributed by atoms with E-state index >= 15 is 0 Å². The van der Waals surface area contributed by atoms with Crippen molar-refractivity contribution in [1.82, 2.24) is 15.1 Å². The number of hydrogen-bond donors (Lipinski definition) is 2. The molecule has 3 heterocycles. The predicted octanol–water partition coefficient (Wildman–Crippen LogP) is 3.29. The smallest absolute Gasteiger partial charge is 0.475 e. The van der Waals surface area contributed by atoms with Gasteiger partial charge in [0.2, 0.25) is 0 Å². The Morgan fingerprint density at radius 3 is 2.45 bits per heavy atom. The number of carbonyl (C=O) groups is 2. The van der Waals surface area contributed by atoms with Crippen molar-refractivity contribution in [2.45, 2.75) is 56.3 Å². The number of urea groups is 1. The summed E-state index contributed by atoms with van der Waals surface area (Å²) in [4.78, 5) is 25.8. The third-order valence-corrected chi connectivity index (χ3v) is 6.41. The highest BCUT2D eigenvalue weighted by atomic mass is 19.4. The van der Waals surface area contributed by atoms with E-state index in [-0.39, 0.29) is 17.7 Å². The van der Waals surface area contributed by atoms with E-state index in [1.807, 2.05) is 4.90 Å². The molecule has 0 radical (unpaired) electrons. The van der Waals surface area contributed by atoms with Gasteiger partial charge in [-0.3, -0.25) is 0 Å². The second kappa shape index (κ2) is 11.2. The summed E-state index contributed by atoms with van der Waals surface area (Å²) in [6.45, 7) is 5.76. The Hall–Kier alpha value is -2.33. The van der Waals surface area contributed by atoms with Crippen molar-refractivity contribution in [2.75, 3.05) is 39.3 Å². The molecule has 3 aliphatic rings. The Kier molecular flexibility index (Phi) is 8.58. The van der Waals surface area contributed by atoms with Crippen LogP contribution in [0.4, 0.5) is 18.0 Å². The molecule has 10 heteroatoms. The van der Waals surface area contributed by atoms with Gasteiger partial charge in [-0.15, -0.1) is 0 Å². The SMILES string of the molecule is O=C(N[C@H]1CCO[C@]2(CCN(CCc3ccccc3)C2)C1)N1CCCC1.O=C(O)C(F)(F)F. The number of benzene rings is 1. The standard InChI is InChI=1S/C21H31N3O2.C2HF3O2/c25-20(24-11-4-5-12-24)22-19-9-15-26-21(16-19)10-14-23(17-21)13-8-18-6-2-1-3-7-18;3-2(4,5)1(6)7/h1-3,6-7,19H,4-5,8-17H2,(H,22,25);(H,6,7)/t19-,21+;/m0./s1. The number of nitrogens with one attached hydrogen (secondary N) is 1. The third kappa shape index (κ3) is 7.60. The normalized spacial score (nSPS) is 25.5. The van der Waals surface area contributed by atoms with Crippen LogP contribution in [0.1, 0.15) is 37.7 Å². The van der Waals surface area contributed by atoms with Crippen LogP contribution in [0, 0.1) is 0 Å². The fraction of sp³-hybridized carbons (Fsp3) is 0.652. The first-order valence-electron chi connectivity index (χ1n) is 11.4. The maximum Gasteiger partial charge on any atom is 0.490 e.